The molecule has 0 radical (unpaired) electrons. The predicted octanol–water partition coefficient (Wildman–Crippen LogP) is 2.89. The Morgan fingerprint density at radius 1 is 1.38 bits per heavy atom. The normalized spacial score (nSPS) is 18.2. The molecule has 29 heavy (non-hydrogen) atoms. The van der Waals surface area contributed by atoms with Gasteiger partial charge in [-0.2, -0.15) is 18.3 Å². The monoisotopic (exact) mass is 414 g/mol. The molecule has 1 amide bonds. The number of amides is 1. The van der Waals surface area contributed by atoms with Gasteiger partial charge < -0.3 is 15.0 Å². The maximum absolute atomic E-state index is 14.2. The molecule has 1 saturated heterocycles. The van der Waals surface area contributed by atoms with Gasteiger partial charge in [-0.1, -0.05) is 13.8 Å². The number of benzene rings is 1. The Balaban J connectivity index is 1.99. The molecule has 1 aromatic carbocycles. The number of nitrogens with one attached hydrogen (secondary N) is 2. The van der Waals surface area contributed by atoms with E-state index in [9.17, 15) is 27.2 Å². The molecule has 1 aliphatic heterocycles. The summed E-state index contributed by atoms with van der Waals surface area (Å²) in [6, 6.07) is 2.06. The van der Waals surface area contributed by atoms with E-state index in [4.69, 9.17) is 0 Å². The minimum Gasteiger partial charge on any atom is -0.429 e. The van der Waals surface area contributed by atoms with E-state index < -0.39 is 46.9 Å². The Hall–Kier alpha value is -3.11. The lowest BCUT2D eigenvalue weighted by atomic mass is 9.84. The second kappa shape index (κ2) is 7.72. The van der Waals surface area contributed by atoms with Crippen molar-refractivity contribution < 1.29 is 27.1 Å². The van der Waals surface area contributed by atoms with Crippen LogP contribution in [-0.4, -0.2) is 35.3 Å². The highest BCUT2D eigenvalue weighted by molar-refractivity contribution is 5.98. The molecule has 0 bridgehead atoms. The first-order valence-corrected chi connectivity index (χ1v) is 8.65. The number of aromatic amines is 1. The van der Waals surface area contributed by atoms with Gasteiger partial charge in [0.1, 0.15) is 6.04 Å². The number of ether oxygens (including phenoxy) is 1. The van der Waals surface area contributed by atoms with Crippen LogP contribution in [0.25, 0.3) is 0 Å². The van der Waals surface area contributed by atoms with Crippen molar-refractivity contribution in [2.45, 2.75) is 32.9 Å². The Kier molecular flexibility index (Phi) is 5.49. The van der Waals surface area contributed by atoms with Crippen LogP contribution in [0, 0.1) is 17.0 Å². The van der Waals surface area contributed by atoms with E-state index in [1.165, 1.54) is 11.1 Å². The summed E-state index contributed by atoms with van der Waals surface area (Å²) < 4.78 is 57.6. The second-order valence-corrected chi connectivity index (χ2v) is 7.25. The van der Waals surface area contributed by atoms with Crippen molar-refractivity contribution in [3.05, 3.63) is 46.4 Å². The zero-order chi connectivity index (χ0) is 21.3. The smallest absolute Gasteiger partial charge is 0.387 e. The summed E-state index contributed by atoms with van der Waals surface area (Å²) in [4.78, 5) is 25.7. The van der Waals surface area contributed by atoms with Crippen molar-refractivity contribution in [3.63, 3.8) is 0 Å². The van der Waals surface area contributed by atoms with Gasteiger partial charge in [0.2, 0.25) is 11.7 Å². The highest BCUT2D eigenvalue weighted by Crippen LogP contribution is 2.44. The van der Waals surface area contributed by atoms with Gasteiger partial charge in [-0.25, -0.2) is 9.49 Å². The molecule has 3 rings (SSSR count). The van der Waals surface area contributed by atoms with Gasteiger partial charge >= 0.3 is 6.61 Å². The number of carbonyl (C=O) groups excluding carboxylic acids is 1. The van der Waals surface area contributed by atoms with Crippen LogP contribution in [0.3, 0.4) is 0 Å². The lowest BCUT2D eigenvalue weighted by molar-refractivity contribution is -0.119. The Morgan fingerprint density at radius 2 is 2.10 bits per heavy atom. The first-order chi connectivity index (χ1) is 13.6. The third kappa shape index (κ3) is 4.17. The maximum Gasteiger partial charge on any atom is 0.387 e. The van der Waals surface area contributed by atoms with Crippen LogP contribution in [0.2, 0.25) is 0 Å². The SMILES string of the molecule is CC1(C)CCN(c2ccc(F)c(F)c2OC(F)F)[C@@H]1C(=O)Nc1cn[nH]c(=O)c1. The van der Waals surface area contributed by atoms with E-state index in [1.807, 2.05) is 0 Å². The molecule has 0 aliphatic carbocycles. The molecule has 2 N–H and O–H groups in total. The number of aromatic nitrogens is 2. The average Bonchev–Trinajstić information content (AvgIpc) is 2.94. The largest absolute Gasteiger partial charge is 0.429 e. The number of nitrogens with zero attached hydrogens (tertiary/aromatic N) is 2. The number of hydrogen-bond acceptors (Lipinski definition) is 5. The molecule has 1 aromatic heterocycles. The van der Waals surface area contributed by atoms with Gasteiger partial charge in [0, 0.05) is 12.6 Å². The van der Waals surface area contributed by atoms with Gasteiger partial charge in [-0.15, -0.1) is 0 Å². The van der Waals surface area contributed by atoms with Crippen LogP contribution in [0.5, 0.6) is 5.75 Å². The number of anilines is 2. The van der Waals surface area contributed by atoms with Crippen molar-refractivity contribution in [2.24, 2.45) is 5.41 Å². The summed E-state index contributed by atoms with van der Waals surface area (Å²) in [7, 11) is 0. The molecular weight excluding hydrogens is 396 g/mol. The van der Waals surface area contributed by atoms with E-state index in [2.05, 4.69) is 20.3 Å². The highest BCUT2D eigenvalue weighted by atomic mass is 19.3. The number of H-pyrrole nitrogens is 1. The van der Waals surface area contributed by atoms with E-state index in [0.717, 1.165) is 18.2 Å². The molecule has 7 nitrogen and oxygen atoms in total. The summed E-state index contributed by atoms with van der Waals surface area (Å²) in [5, 5.41) is 8.30. The van der Waals surface area contributed by atoms with Crippen molar-refractivity contribution >= 4 is 17.3 Å². The van der Waals surface area contributed by atoms with E-state index in [1.54, 1.807) is 13.8 Å². The van der Waals surface area contributed by atoms with Crippen LogP contribution in [-0.2, 0) is 4.79 Å². The molecule has 2 aromatic rings. The molecule has 0 unspecified atom stereocenters. The number of rotatable bonds is 5. The van der Waals surface area contributed by atoms with Gasteiger partial charge in [0.25, 0.3) is 5.56 Å². The number of alkyl halides is 2. The first-order valence-electron chi connectivity index (χ1n) is 8.65. The third-order valence-corrected chi connectivity index (χ3v) is 4.78. The molecule has 11 heteroatoms. The lowest BCUT2D eigenvalue weighted by Crippen LogP contribution is -2.46. The van der Waals surface area contributed by atoms with Gasteiger partial charge in [-0.05, 0) is 24.0 Å². The second-order valence-electron chi connectivity index (χ2n) is 7.25. The van der Waals surface area contributed by atoms with Crippen molar-refractivity contribution in [2.75, 3.05) is 16.8 Å². The Morgan fingerprint density at radius 3 is 2.76 bits per heavy atom. The minimum absolute atomic E-state index is 0.135. The van der Waals surface area contributed by atoms with Crippen LogP contribution in [0.15, 0.2) is 29.2 Å². The topological polar surface area (TPSA) is 87.3 Å². The Labute approximate surface area is 162 Å². The number of halogens is 4. The van der Waals surface area contributed by atoms with Gasteiger partial charge in [0.05, 0.1) is 17.6 Å². The number of carbonyl (C=O) groups is 1. The standard InChI is InChI=1S/C18H18F4N4O3/c1-18(2)5-6-26(11-4-3-10(19)13(20)14(11)29-17(21)22)15(18)16(28)24-9-7-12(27)25-23-8-9/h3-4,7-8,15,17H,5-6H2,1-2H3,(H2,24,25,27,28)/t15-/m1/s1. The summed E-state index contributed by atoms with van der Waals surface area (Å²) in [5.41, 5.74) is -1.21. The van der Waals surface area contributed by atoms with Gasteiger partial charge in [-0.3, -0.25) is 9.59 Å². The summed E-state index contributed by atoms with van der Waals surface area (Å²) in [6.45, 7) is 0.389. The third-order valence-electron chi connectivity index (χ3n) is 4.78. The predicted molar refractivity (Wildman–Crippen MR) is 96.0 cm³/mol. The van der Waals surface area contributed by atoms with Crippen LogP contribution in [0.1, 0.15) is 20.3 Å². The summed E-state index contributed by atoms with van der Waals surface area (Å²) in [5.74, 6) is -4.44. The highest BCUT2D eigenvalue weighted by Gasteiger charge is 2.46. The average molecular weight is 414 g/mol. The molecular formula is C18H18F4N4O3. The quantitative estimate of drug-likeness (QED) is 0.735. The fourth-order valence-electron chi connectivity index (χ4n) is 3.46. The molecule has 1 aliphatic rings. The fourth-order valence-corrected chi connectivity index (χ4v) is 3.46. The minimum atomic E-state index is -3.38. The van der Waals surface area contributed by atoms with Crippen molar-refractivity contribution in [3.8, 4) is 5.75 Å². The zero-order valence-corrected chi connectivity index (χ0v) is 15.5. The molecule has 1 fully saturated rings. The fraction of sp³-hybridized carbons (Fsp3) is 0.389. The van der Waals surface area contributed by atoms with Crippen LogP contribution < -0.4 is 20.5 Å². The maximum atomic E-state index is 14.2. The Bertz CT molecular complexity index is 980. The number of hydrogen-bond donors (Lipinski definition) is 2. The molecule has 0 saturated carbocycles. The molecule has 2 heterocycles. The van der Waals surface area contributed by atoms with Crippen LogP contribution >= 0.6 is 0 Å². The van der Waals surface area contributed by atoms with E-state index >= 15 is 0 Å². The van der Waals surface area contributed by atoms with Crippen molar-refractivity contribution in [1.29, 1.82) is 0 Å². The van der Waals surface area contributed by atoms with E-state index in [0.29, 0.717) is 6.42 Å². The molecule has 1 atom stereocenters. The molecule has 0 spiro atoms. The summed E-state index contributed by atoms with van der Waals surface area (Å²) in [6.07, 6.45) is 1.69. The lowest BCUT2D eigenvalue weighted by Gasteiger charge is -2.33. The summed E-state index contributed by atoms with van der Waals surface area (Å²) >= 11 is 0. The first kappa shape index (κ1) is 20.6. The molecule has 156 valence electrons. The zero-order valence-electron chi connectivity index (χ0n) is 15.5. The van der Waals surface area contributed by atoms with Crippen molar-refractivity contribution in [1.82, 2.24) is 10.2 Å². The van der Waals surface area contributed by atoms with Crippen LogP contribution in [0.4, 0.5) is 28.9 Å². The van der Waals surface area contributed by atoms with Gasteiger partial charge in [0.15, 0.2) is 11.6 Å². The van der Waals surface area contributed by atoms with E-state index in [-0.39, 0.29) is 17.9 Å².